The van der Waals surface area contributed by atoms with E-state index in [4.69, 9.17) is 9.84 Å². The molecule has 0 unspecified atom stereocenters. The molecule has 0 aliphatic rings. The van der Waals surface area contributed by atoms with E-state index in [9.17, 15) is 9.59 Å². The Balaban J connectivity index is 2.22. The lowest BCUT2D eigenvalue weighted by atomic mass is 10.1. The first-order valence-electron chi connectivity index (χ1n) is 6.38. The van der Waals surface area contributed by atoms with Gasteiger partial charge in [0, 0.05) is 6.54 Å². The third-order valence-electron chi connectivity index (χ3n) is 2.83. The van der Waals surface area contributed by atoms with Crippen LogP contribution < -0.4 is 15.4 Å². The molecule has 0 radical (unpaired) electrons. The standard InChI is InChI=1S/C14H20N2O4/c1-10(14(18)19)16-9-13(17)15-8-7-11-3-5-12(20-2)6-4-11/h3-6,10,16H,7-9H2,1-2H3,(H,15,17)(H,18,19)/t10-/m0/s1. The number of methoxy groups -OCH3 is 1. The maximum Gasteiger partial charge on any atom is 0.320 e. The lowest BCUT2D eigenvalue weighted by Crippen LogP contribution is -2.41. The number of rotatable bonds is 8. The van der Waals surface area contributed by atoms with E-state index >= 15 is 0 Å². The van der Waals surface area contributed by atoms with Gasteiger partial charge in [-0.25, -0.2) is 0 Å². The number of carbonyl (C=O) groups is 2. The van der Waals surface area contributed by atoms with Crippen molar-refractivity contribution >= 4 is 11.9 Å². The van der Waals surface area contributed by atoms with Crippen molar-refractivity contribution in [3.63, 3.8) is 0 Å². The molecule has 1 rings (SSSR count). The predicted molar refractivity (Wildman–Crippen MR) is 74.8 cm³/mol. The van der Waals surface area contributed by atoms with Crippen molar-refractivity contribution in [3.8, 4) is 5.75 Å². The Morgan fingerprint density at radius 2 is 1.95 bits per heavy atom. The molecule has 20 heavy (non-hydrogen) atoms. The van der Waals surface area contributed by atoms with Crippen LogP contribution in [0.4, 0.5) is 0 Å². The molecule has 0 aliphatic heterocycles. The van der Waals surface area contributed by atoms with Crippen LogP contribution in [0.2, 0.25) is 0 Å². The summed E-state index contributed by atoms with van der Waals surface area (Å²) in [5.74, 6) is -0.396. The van der Waals surface area contributed by atoms with Crippen LogP contribution in [0.15, 0.2) is 24.3 Å². The maximum atomic E-state index is 11.5. The number of hydrogen-bond donors (Lipinski definition) is 3. The van der Waals surface area contributed by atoms with Gasteiger partial charge in [-0.3, -0.25) is 14.9 Å². The molecule has 6 heteroatoms. The Kier molecular flexibility index (Phi) is 6.52. The second kappa shape index (κ2) is 8.16. The van der Waals surface area contributed by atoms with E-state index in [2.05, 4.69) is 10.6 Å². The number of carbonyl (C=O) groups excluding carboxylic acids is 1. The summed E-state index contributed by atoms with van der Waals surface area (Å²) in [6.07, 6.45) is 0.713. The van der Waals surface area contributed by atoms with Crippen LogP contribution in [-0.4, -0.2) is 43.2 Å². The van der Waals surface area contributed by atoms with E-state index in [-0.39, 0.29) is 12.5 Å². The Bertz CT molecular complexity index is 445. The first kappa shape index (κ1) is 16.0. The summed E-state index contributed by atoms with van der Waals surface area (Å²) in [6.45, 7) is 2.00. The quantitative estimate of drug-likeness (QED) is 0.642. The van der Waals surface area contributed by atoms with Gasteiger partial charge in [-0.2, -0.15) is 0 Å². The number of amides is 1. The van der Waals surface area contributed by atoms with Gasteiger partial charge in [0.2, 0.25) is 5.91 Å². The van der Waals surface area contributed by atoms with Crippen molar-refractivity contribution in [1.29, 1.82) is 0 Å². The average molecular weight is 280 g/mol. The molecule has 0 bridgehead atoms. The van der Waals surface area contributed by atoms with Crippen molar-refractivity contribution in [2.75, 3.05) is 20.2 Å². The molecule has 0 spiro atoms. The van der Waals surface area contributed by atoms with E-state index in [0.717, 1.165) is 11.3 Å². The van der Waals surface area contributed by atoms with Crippen molar-refractivity contribution in [2.24, 2.45) is 0 Å². The van der Waals surface area contributed by atoms with Gasteiger partial charge in [0.1, 0.15) is 11.8 Å². The highest BCUT2D eigenvalue weighted by atomic mass is 16.5. The molecular weight excluding hydrogens is 260 g/mol. The van der Waals surface area contributed by atoms with Gasteiger partial charge >= 0.3 is 5.97 Å². The first-order valence-corrected chi connectivity index (χ1v) is 6.38. The molecule has 1 amide bonds. The van der Waals surface area contributed by atoms with Crippen LogP contribution in [0.3, 0.4) is 0 Å². The third-order valence-corrected chi connectivity index (χ3v) is 2.83. The fraction of sp³-hybridized carbons (Fsp3) is 0.429. The highest BCUT2D eigenvalue weighted by Gasteiger charge is 2.11. The van der Waals surface area contributed by atoms with Gasteiger partial charge in [0.25, 0.3) is 0 Å². The molecule has 0 aromatic heterocycles. The lowest BCUT2D eigenvalue weighted by molar-refractivity contribution is -0.139. The Morgan fingerprint density at radius 3 is 2.50 bits per heavy atom. The van der Waals surface area contributed by atoms with Gasteiger partial charge in [0.15, 0.2) is 0 Å². The minimum Gasteiger partial charge on any atom is -0.497 e. The predicted octanol–water partition coefficient (Wildman–Crippen LogP) is 0.417. The number of aliphatic carboxylic acids is 1. The van der Waals surface area contributed by atoms with Crippen LogP contribution in [-0.2, 0) is 16.0 Å². The molecule has 1 aromatic carbocycles. The van der Waals surface area contributed by atoms with Gasteiger partial charge < -0.3 is 15.2 Å². The average Bonchev–Trinajstić information content (AvgIpc) is 2.45. The molecule has 1 aromatic rings. The highest BCUT2D eigenvalue weighted by molar-refractivity contribution is 5.79. The van der Waals surface area contributed by atoms with Crippen LogP contribution >= 0.6 is 0 Å². The van der Waals surface area contributed by atoms with Crippen molar-refractivity contribution in [1.82, 2.24) is 10.6 Å². The van der Waals surface area contributed by atoms with E-state index in [1.54, 1.807) is 7.11 Å². The van der Waals surface area contributed by atoms with Gasteiger partial charge in [-0.05, 0) is 31.0 Å². The summed E-state index contributed by atoms with van der Waals surface area (Å²) < 4.78 is 5.06. The number of hydrogen-bond acceptors (Lipinski definition) is 4. The lowest BCUT2D eigenvalue weighted by Gasteiger charge is -2.09. The van der Waals surface area contributed by atoms with Gasteiger partial charge in [-0.15, -0.1) is 0 Å². The molecule has 1 atom stereocenters. The van der Waals surface area contributed by atoms with Gasteiger partial charge in [-0.1, -0.05) is 12.1 Å². The van der Waals surface area contributed by atoms with Crippen molar-refractivity contribution in [3.05, 3.63) is 29.8 Å². The minimum absolute atomic E-state index is 0.00389. The number of ether oxygens (including phenoxy) is 1. The van der Waals surface area contributed by atoms with Crippen LogP contribution in [0.25, 0.3) is 0 Å². The normalized spacial score (nSPS) is 11.7. The molecule has 0 aliphatic carbocycles. The van der Waals surface area contributed by atoms with E-state index < -0.39 is 12.0 Å². The molecule has 0 saturated heterocycles. The summed E-state index contributed by atoms with van der Waals surface area (Å²) in [4.78, 5) is 22.0. The van der Waals surface area contributed by atoms with Gasteiger partial charge in [0.05, 0.1) is 13.7 Å². The molecule has 0 saturated carbocycles. The van der Waals surface area contributed by atoms with Crippen LogP contribution in [0.5, 0.6) is 5.75 Å². The largest absolute Gasteiger partial charge is 0.497 e. The monoisotopic (exact) mass is 280 g/mol. The second-order valence-electron chi connectivity index (χ2n) is 4.39. The van der Waals surface area contributed by atoms with Crippen LogP contribution in [0.1, 0.15) is 12.5 Å². The Hall–Kier alpha value is -2.08. The van der Waals surface area contributed by atoms with Crippen molar-refractivity contribution < 1.29 is 19.4 Å². The molecule has 110 valence electrons. The topological polar surface area (TPSA) is 87.7 Å². The summed E-state index contributed by atoms with van der Waals surface area (Å²) >= 11 is 0. The minimum atomic E-state index is -0.976. The second-order valence-corrected chi connectivity index (χ2v) is 4.39. The summed E-state index contributed by atoms with van der Waals surface area (Å²) in [5, 5.41) is 14.0. The summed E-state index contributed by atoms with van der Waals surface area (Å²) in [7, 11) is 1.61. The third kappa shape index (κ3) is 5.71. The molecular formula is C14H20N2O4. The number of nitrogens with one attached hydrogen (secondary N) is 2. The fourth-order valence-electron chi connectivity index (χ4n) is 1.53. The zero-order chi connectivity index (χ0) is 15.0. The molecule has 3 N–H and O–H groups in total. The van der Waals surface area contributed by atoms with Crippen molar-refractivity contribution in [2.45, 2.75) is 19.4 Å². The smallest absolute Gasteiger partial charge is 0.320 e. The molecule has 6 nitrogen and oxygen atoms in total. The number of carboxylic acids is 1. The van der Waals surface area contributed by atoms with E-state index in [0.29, 0.717) is 13.0 Å². The molecule has 0 heterocycles. The molecule has 0 fully saturated rings. The van der Waals surface area contributed by atoms with Crippen LogP contribution in [0, 0.1) is 0 Å². The first-order chi connectivity index (χ1) is 9.52. The summed E-state index contributed by atoms with van der Waals surface area (Å²) in [5.41, 5.74) is 1.10. The zero-order valence-electron chi connectivity index (χ0n) is 11.7. The SMILES string of the molecule is COc1ccc(CCNC(=O)CN[C@@H](C)C(=O)O)cc1. The fourth-order valence-corrected chi connectivity index (χ4v) is 1.53. The number of carboxylic acid groups (broad SMARTS) is 1. The Labute approximate surface area is 118 Å². The Morgan fingerprint density at radius 1 is 1.30 bits per heavy atom. The zero-order valence-corrected chi connectivity index (χ0v) is 11.7. The van der Waals surface area contributed by atoms with E-state index in [1.807, 2.05) is 24.3 Å². The number of benzene rings is 1. The highest BCUT2D eigenvalue weighted by Crippen LogP contribution is 2.11. The summed E-state index contributed by atoms with van der Waals surface area (Å²) in [6, 6.07) is 6.88. The maximum absolute atomic E-state index is 11.5. The van der Waals surface area contributed by atoms with E-state index in [1.165, 1.54) is 6.92 Å².